The summed E-state index contributed by atoms with van der Waals surface area (Å²) in [7, 11) is 0. The van der Waals surface area contributed by atoms with E-state index in [4.69, 9.17) is 4.74 Å². The monoisotopic (exact) mass is 435 g/mol. The van der Waals surface area contributed by atoms with Gasteiger partial charge in [-0.3, -0.25) is 9.69 Å². The predicted molar refractivity (Wildman–Crippen MR) is 125 cm³/mol. The fourth-order valence-electron chi connectivity index (χ4n) is 5.04. The maximum atomic E-state index is 13.0. The number of ether oxygens (including phenoxy) is 1. The zero-order valence-electron chi connectivity index (χ0n) is 19.2. The molecule has 3 aliphatic heterocycles. The molecule has 0 aliphatic carbocycles. The summed E-state index contributed by atoms with van der Waals surface area (Å²) in [4.78, 5) is 29.0. The van der Waals surface area contributed by atoms with Gasteiger partial charge in [0.2, 0.25) is 11.9 Å². The number of nitrogens with zero attached hydrogens (tertiary/aromatic N) is 5. The third kappa shape index (κ3) is 4.31. The number of rotatable bonds is 4. The van der Waals surface area contributed by atoms with Crippen molar-refractivity contribution in [3.8, 4) is 16.9 Å². The molecule has 0 saturated carbocycles. The van der Waals surface area contributed by atoms with E-state index in [1.165, 1.54) is 5.56 Å². The lowest BCUT2D eigenvalue weighted by Gasteiger charge is -2.39. The Bertz CT molecular complexity index is 945. The predicted octanol–water partition coefficient (Wildman–Crippen LogP) is 2.85. The molecule has 1 aromatic heterocycles. The molecule has 7 heteroatoms. The maximum Gasteiger partial charge on any atom is 0.225 e. The van der Waals surface area contributed by atoms with Crippen LogP contribution in [0.2, 0.25) is 0 Å². The average molecular weight is 436 g/mol. The fraction of sp³-hybridized carbons (Fsp3) is 0.560. The SMILES string of the molecule is CC(C)N1CCN(C(=O)C2CCN(c3ncc(-c4ccc5c(c4)CCO5)cn3)CC2)CC1. The van der Waals surface area contributed by atoms with Gasteiger partial charge >= 0.3 is 0 Å². The van der Waals surface area contributed by atoms with Gasteiger partial charge < -0.3 is 14.5 Å². The van der Waals surface area contributed by atoms with Crippen LogP contribution in [0.1, 0.15) is 32.3 Å². The first-order valence-corrected chi connectivity index (χ1v) is 11.9. The molecule has 170 valence electrons. The molecule has 0 atom stereocenters. The van der Waals surface area contributed by atoms with Crippen LogP contribution in [0.15, 0.2) is 30.6 Å². The largest absolute Gasteiger partial charge is 0.493 e. The van der Waals surface area contributed by atoms with Crippen LogP contribution in [0.25, 0.3) is 11.1 Å². The molecule has 0 radical (unpaired) electrons. The van der Waals surface area contributed by atoms with Gasteiger partial charge in [0.1, 0.15) is 5.75 Å². The Morgan fingerprint density at radius 2 is 1.72 bits per heavy atom. The van der Waals surface area contributed by atoms with Crippen molar-refractivity contribution in [1.29, 1.82) is 0 Å². The molecule has 1 aromatic carbocycles. The van der Waals surface area contributed by atoms with Crippen molar-refractivity contribution in [3.63, 3.8) is 0 Å². The van der Waals surface area contributed by atoms with E-state index in [0.717, 1.165) is 88.0 Å². The highest BCUT2D eigenvalue weighted by atomic mass is 16.5. The second-order valence-corrected chi connectivity index (χ2v) is 9.41. The lowest BCUT2D eigenvalue weighted by Crippen LogP contribution is -2.53. The van der Waals surface area contributed by atoms with Gasteiger partial charge in [0.15, 0.2) is 0 Å². The van der Waals surface area contributed by atoms with Crippen molar-refractivity contribution in [2.24, 2.45) is 5.92 Å². The first-order chi connectivity index (χ1) is 15.6. The minimum Gasteiger partial charge on any atom is -0.493 e. The molecule has 0 bridgehead atoms. The molecule has 32 heavy (non-hydrogen) atoms. The highest BCUT2D eigenvalue weighted by Gasteiger charge is 2.31. The molecule has 5 rings (SSSR count). The topological polar surface area (TPSA) is 61.8 Å². The third-order valence-electron chi connectivity index (χ3n) is 7.14. The van der Waals surface area contributed by atoms with Crippen LogP contribution >= 0.6 is 0 Å². The van der Waals surface area contributed by atoms with E-state index < -0.39 is 0 Å². The van der Waals surface area contributed by atoms with E-state index in [2.05, 4.69) is 50.6 Å². The van der Waals surface area contributed by atoms with Crippen molar-refractivity contribution < 1.29 is 9.53 Å². The zero-order valence-corrected chi connectivity index (χ0v) is 19.2. The molecule has 0 N–H and O–H groups in total. The van der Waals surface area contributed by atoms with Crippen LogP contribution in [0, 0.1) is 5.92 Å². The maximum absolute atomic E-state index is 13.0. The van der Waals surface area contributed by atoms with Gasteiger partial charge in [-0.1, -0.05) is 6.07 Å². The molecule has 0 spiro atoms. The number of carbonyl (C=O) groups is 1. The van der Waals surface area contributed by atoms with E-state index in [1.807, 2.05) is 18.5 Å². The highest BCUT2D eigenvalue weighted by Crippen LogP contribution is 2.30. The third-order valence-corrected chi connectivity index (χ3v) is 7.14. The summed E-state index contributed by atoms with van der Waals surface area (Å²) in [5.41, 5.74) is 3.40. The molecule has 1 amide bonds. The Morgan fingerprint density at radius 1 is 1.00 bits per heavy atom. The molecular weight excluding hydrogens is 402 g/mol. The number of piperazine rings is 1. The summed E-state index contributed by atoms with van der Waals surface area (Å²) in [6.45, 7) is 10.6. The van der Waals surface area contributed by atoms with Gasteiger partial charge in [-0.25, -0.2) is 9.97 Å². The Balaban J connectivity index is 1.16. The summed E-state index contributed by atoms with van der Waals surface area (Å²) in [6.07, 6.45) is 6.53. The van der Waals surface area contributed by atoms with E-state index >= 15 is 0 Å². The fourth-order valence-corrected chi connectivity index (χ4v) is 5.04. The summed E-state index contributed by atoms with van der Waals surface area (Å²) in [5, 5.41) is 0. The van der Waals surface area contributed by atoms with Crippen molar-refractivity contribution in [1.82, 2.24) is 19.8 Å². The molecule has 0 unspecified atom stereocenters. The number of benzene rings is 1. The molecule has 7 nitrogen and oxygen atoms in total. The standard InChI is InChI=1S/C25H33N5O2/c1-18(2)28-10-12-29(13-11-28)24(31)19-5-8-30(9-6-19)25-26-16-22(17-27-25)20-3-4-23-21(15-20)7-14-32-23/h3-4,15-19H,5-14H2,1-2H3. The number of amides is 1. The Morgan fingerprint density at radius 3 is 2.41 bits per heavy atom. The average Bonchev–Trinajstić information content (AvgIpc) is 3.32. The molecule has 4 heterocycles. The smallest absolute Gasteiger partial charge is 0.225 e. The first kappa shape index (κ1) is 21.2. The van der Waals surface area contributed by atoms with Crippen molar-refractivity contribution in [3.05, 3.63) is 36.2 Å². The van der Waals surface area contributed by atoms with Crippen molar-refractivity contribution >= 4 is 11.9 Å². The molecule has 2 fully saturated rings. The second-order valence-electron chi connectivity index (χ2n) is 9.41. The zero-order chi connectivity index (χ0) is 22.1. The van der Waals surface area contributed by atoms with E-state index in [9.17, 15) is 4.79 Å². The molecule has 3 aliphatic rings. The van der Waals surface area contributed by atoms with Gasteiger partial charge in [-0.2, -0.15) is 0 Å². The van der Waals surface area contributed by atoms with Gasteiger partial charge in [-0.05, 0) is 49.9 Å². The lowest BCUT2D eigenvalue weighted by molar-refractivity contribution is -0.138. The van der Waals surface area contributed by atoms with Gasteiger partial charge in [0.25, 0.3) is 0 Å². The lowest BCUT2D eigenvalue weighted by atomic mass is 9.95. The number of anilines is 1. The summed E-state index contributed by atoms with van der Waals surface area (Å²) >= 11 is 0. The summed E-state index contributed by atoms with van der Waals surface area (Å²) in [6, 6.07) is 6.84. The van der Waals surface area contributed by atoms with Crippen LogP contribution in [-0.2, 0) is 11.2 Å². The van der Waals surface area contributed by atoms with Crippen molar-refractivity contribution in [2.45, 2.75) is 39.2 Å². The van der Waals surface area contributed by atoms with Crippen LogP contribution in [0.5, 0.6) is 5.75 Å². The molecule has 2 saturated heterocycles. The minimum absolute atomic E-state index is 0.129. The van der Waals surface area contributed by atoms with E-state index in [-0.39, 0.29) is 5.92 Å². The molecular formula is C25H33N5O2. The van der Waals surface area contributed by atoms with Crippen LogP contribution < -0.4 is 9.64 Å². The van der Waals surface area contributed by atoms with Gasteiger partial charge in [0.05, 0.1) is 6.61 Å². The van der Waals surface area contributed by atoms with Gasteiger partial charge in [-0.15, -0.1) is 0 Å². The van der Waals surface area contributed by atoms with Crippen LogP contribution in [-0.4, -0.2) is 77.6 Å². The van der Waals surface area contributed by atoms with Gasteiger partial charge in [0, 0.05) is 75.6 Å². The molecule has 2 aromatic rings. The number of carbonyl (C=O) groups excluding carboxylic acids is 1. The van der Waals surface area contributed by atoms with E-state index in [0.29, 0.717) is 11.9 Å². The number of piperidine rings is 1. The Labute approximate surface area is 190 Å². The number of hydrogen-bond donors (Lipinski definition) is 0. The normalized spacial score (nSPS) is 19.8. The first-order valence-electron chi connectivity index (χ1n) is 11.9. The minimum atomic E-state index is 0.129. The van der Waals surface area contributed by atoms with Crippen LogP contribution in [0.3, 0.4) is 0 Å². The van der Waals surface area contributed by atoms with Crippen molar-refractivity contribution in [2.75, 3.05) is 50.8 Å². The van der Waals surface area contributed by atoms with Crippen LogP contribution in [0.4, 0.5) is 5.95 Å². The Kier molecular flexibility index (Phi) is 6.00. The second kappa shape index (κ2) is 9.06. The number of aromatic nitrogens is 2. The quantitative estimate of drug-likeness (QED) is 0.736. The van der Waals surface area contributed by atoms with E-state index in [1.54, 1.807) is 0 Å². The Hall–Kier alpha value is -2.67. The number of fused-ring (bicyclic) bond motifs is 1. The summed E-state index contributed by atoms with van der Waals surface area (Å²) in [5.74, 6) is 2.22. The number of hydrogen-bond acceptors (Lipinski definition) is 6. The summed E-state index contributed by atoms with van der Waals surface area (Å²) < 4.78 is 5.60. The highest BCUT2D eigenvalue weighted by molar-refractivity contribution is 5.79.